The Kier molecular flexibility index (Phi) is 6.35. The van der Waals surface area contributed by atoms with Crippen molar-refractivity contribution in [1.29, 1.82) is 0 Å². The van der Waals surface area contributed by atoms with Crippen LogP contribution in [-0.2, 0) is 4.79 Å². The summed E-state index contributed by atoms with van der Waals surface area (Å²) < 4.78 is 0. The Morgan fingerprint density at radius 2 is 2.06 bits per heavy atom. The van der Waals surface area contributed by atoms with Crippen molar-refractivity contribution in [3.63, 3.8) is 0 Å². The maximum Gasteiger partial charge on any atom is 0.220 e. The molecule has 0 aromatic rings. The first-order valence-electron chi connectivity index (χ1n) is 7.42. The third kappa shape index (κ3) is 5.19. The Morgan fingerprint density at radius 1 is 1.22 bits per heavy atom. The molecule has 2 saturated heterocycles. The lowest BCUT2D eigenvalue weighted by molar-refractivity contribution is -0.121. The van der Waals surface area contributed by atoms with Gasteiger partial charge in [-0.2, -0.15) is 11.8 Å². The average Bonchev–Trinajstić information content (AvgIpc) is 2.45. The van der Waals surface area contributed by atoms with E-state index in [-0.39, 0.29) is 5.91 Å². The van der Waals surface area contributed by atoms with Crippen molar-refractivity contribution in [3.05, 3.63) is 0 Å². The van der Waals surface area contributed by atoms with Crippen LogP contribution in [0.1, 0.15) is 44.9 Å². The van der Waals surface area contributed by atoms with Gasteiger partial charge in [0, 0.05) is 19.0 Å². The van der Waals surface area contributed by atoms with Gasteiger partial charge in [0.25, 0.3) is 0 Å². The second-order valence-corrected chi connectivity index (χ2v) is 6.77. The van der Waals surface area contributed by atoms with E-state index in [1.165, 1.54) is 43.6 Å². The average molecular weight is 270 g/mol. The molecule has 2 N–H and O–H groups in total. The van der Waals surface area contributed by atoms with Gasteiger partial charge in [0.2, 0.25) is 5.91 Å². The molecule has 0 aliphatic carbocycles. The minimum Gasteiger partial charge on any atom is -0.356 e. The Morgan fingerprint density at radius 3 is 2.78 bits per heavy atom. The van der Waals surface area contributed by atoms with Gasteiger partial charge in [0.15, 0.2) is 0 Å². The summed E-state index contributed by atoms with van der Waals surface area (Å²) in [6.07, 6.45) is 8.10. The molecule has 0 saturated carbocycles. The minimum atomic E-state index is 0.251. The number of hydrogen-bond acceptors (Lipinski definition) is 3. The molecule has 0 bridgehead atoms. The Labute approximate surface area is 115 Å². The molecule has 0 aromatic carbocycles. The van der Waals surface area contributed by atoms with Gasteiger partial charge in [-0.1, -0.05) is 6.42 Å². The Hall–Kier alpha value is -0.220. The summed E-state index contributed by atoms with van der Waals surface area (Å²) in [5.41, 5.74) is 0. The standard InChI is InChI=1S/C14H26N2OS/c17-14(5-4-13-3-1-2-8-15-13)16-11-12-6-9-18-10-7-12/h12-13,15H,1-11H2,(H,16,17). The lowest BCUT2D eigenvalue weighted by Crippen LogP contribution is -2.36. The van der Waals surface area contributed by atoms with Gasteiger partial charge >= 0.3 is 0 Å². The summed E-state index contributed by atoms with van der Waals surface area (Å²) in [7, 11) is 0. The van der Waals surface area contributed by atoms with Crippen molar-refractivity contribution in [2.45, 2.75) is 51.0 Å². The molecule has 0 aromatic heterocycles. The zero-order valence-corrected chi connectivity index (χ0v) is 12.1. The fraction of sp³-hybridized carbons (Fsp3) is 0.929. The molecule has 2 fully saturated rings. The predicted molar refractivity (Wildman–Crippen MR) is 77.9 cm³/mol. The van der Waals surface area contributed by atoms with E-state index in [4.69, 9.17) is 0 Å². The third-order valence-electron chi connectivity index (χ3n) is 4.06. The molecule has 0 radical (unpaired) electrons. The number of carbonyl (C=O) groups excluding carboxylic acids is 1. The maximum atomic E-state index is 11.8. The highest BCUT2D eigenvalue weighted by atomic mass is 32.2. The molecule has 1 unspecified atom stereocenters. The van der Waals surface area contributed by atoms with Crippen molar-refractivity contribution in [3.8, 4) is 0 Å². The first-order valence-corrected chi connectivity index (χ1v) is 8.58. The minimum absolute atomic E-state index is 0.251. The smallest absolute Gasteiger partial charge is 0.220 e. The molecule has 1 atom stereocenters. The second-order valence-electron chi connectivity index (χ2n) is 5.55. The van der Waals surface area contributed by atoms with Gasteiger partial charge in [-0.3, -0.25) is 4.79 Å². The van der Waals surface area contributed by atoms with E-state index >= 15 is 0 Å². The van der Waals surface area contributed by atoms with Crippen LogP contribution in [0.15, 0.2) is 0 Å². The summed E-state index contributed by atoms with van der Waals surface area (Å²) in [6, 6.07) is 0.579. The van der Waals surface area contributed by atoms with Crippen molar-refractivity contribution in [1.82, 2.24) is 10.6 Å². The summed E-state index contributed by atoms with van der Waals surface area (Å²) in [6.45, 7) is 2.03. The van der Waals surface area contributed by atoms with E-state index in [1.807, 2.05) is 11.8 Å². The summed E-state index contributed by atoms with van der Waals surface area (Å²) >= 11 is 2.04. The fourth-order valence-corrected chi connectivity index (χ4v) is 3.98. The molecule has 1 amide bonds. The number of carbonyl (C=O) groups is 1. The van der Waals surface area contributed by atoms with Crippen LogP contribution in [0.2, 0.25) is 0 Å². The number of nitrogens with one attached hydrogen (secondary N) is 2. The Bertz CT molecular complexity index is 224. The molecule has 4 heteroatoms. The highest BCUT2D eigenvalue weighted by Gasteiger charge is 2.16. The number of hydrogen-bond donors (Lipinski definition) is 2. The van der Waals surface area contributed by atoms with E-state index in [0.29, 0.717) is 12.5 Å². The number of piperidine rings is 1. The maximum absolute atomic E-state index is 11.8. The van der Waals surface area contributed by atoms with Gasteiger partial charge in [0.1, 0.15) is 0 Å². The molecular weight excluding hydrogens is 244 g/mol. The molecule has 2 heterocycles. The summed E-state index contributed by atoms with van der Waals surface area (Å²) in [5, 5.41) is 6.61. The van der Waals surface area contributed by atoms with E-state index in [0.717, 1.165) is 25.4 Å². The van der Waals surface area contributed by atoms with E-state index < -0.39 is 0 Å². The van der Waals surface area contributed by atoms with Crippen LogP contribution in [0, 0.1) is 5.92 Å². The molecule has 2 rings (SSSR count). The lowest BCUT2D eigenvalue weighted by atomic mass is 10.00. The number of rotatable bonds is 5. The van der Waals surface area contributed by atoms with Gasteiger partial charge in [-0.15, -0.1) is 0 Å². The van der Waals surface area contributed by atoms with Crippen LogP contribution >= 0.6 is 11.8 Å². The van der Waals surface area contributed by atoms with Crippen molar-refractivity contribution >= 4 is 17.7 Å². The molecule has 3 nitrogen and oxygen atoms in total. The Balaban J connectivity index is 1.54. The van der Waals surface area contributed by atoms with Gasteiger partial charge < -0.3 is 10.6 Å². The van der Waals surface area contributed by atoms with Crippen LogP contribution in [-0.4, -0.2) is 36.5 Å². The van der Waals surface area contributed by atoms with E-state index in [2.05, 4.69) is 10.6 Å². The first-order chi connectivity index (χ1) is 8.84. The van der Waals surface area contributed by atoms with Crippen LogP contribution in [0.25, 0.3) is 0 Å². The van der Waals surface area contributed by atoms with E-state index in [9.17, 15) is 4.79 Å². The van der Waals surface area contributed by atoms with Crippen LogP contribution in [0.5, 0.6) is 0 Å². The van der Waals surface area contributed by atoms with Crippen LogP contribution in [0.4, 0.5) is 0 Å². The molecule has 0 spiro atoms. The zero-order valence-electron chi connectivity index (χ0n) is 11.2. The zero-order chi connectivity index (χ0) is 12.6. The molecule has 2 aliphatic rings. The van der Waals surface area contributed by atoms with Gasteiger partial charge in [-0.05, 0) is 56.1 Å². The highest BCUT2D eigenvalue weighted by molar-refractivity contribution is 7.99. The topological polar surface area (TPSA) is 41.1 Å². The van der Waals surface area contributed by atoms with Gasteiger partial charge in [0.05, 0.1) is 0 Å². The van der Waals surface area contributed by atoms with Gasteiger partial charge in [-0.25, -0.2) is 0 Å². The van der Waals surface area contributed by atoms with Crippen LogP contribution < -0.4 is 10.6 Å². The van der Waals surface area contributed by atoms with Crippen molar-refractivity contribution in [2.24, 2.45) is 5.92 Å². The SMILES string of the molecule is O=C(CCC1CCCCN1)NCC1CCSCC1. The normalized spacial score (nSPS) is 25.9. The molecular formula is C14H26N2OS. The quantitative estimate of drug-likeness (QED) is 0.804. The first kappa shape index (κ1) is 14.2. The monoisotopic (exact) mass is 270 g/mol. The summed E-state index contributed by atoms with van der Waals surface area (Å²) in [4.78, 5) is 11.8. The summed E-state index contributed by atoms with van der Waals surface area (Å²) in [5.74, 6) is 3.52. The predicted octanol–water partition coefficient (Wildman–Crippen LogP) is 2.17. The second kappa shape index (κ2) is 8.05. The lowest BCUT2D eigenvalue weighted by Gasteiger charge is -2.24. The molecule has 2 aliphatic heterocycles. The fourth-order valence-electron chi connectivity index (χ4n) is 2.77. The molecule has 18 heavy (non-hydrogen) atoms. The number of thioether (sulfide) groups is 1. The largest absolute Gasteiger partial charge is 0.356 e. The highest BCUT2D eigenvalue weighted by Crippen LogP contribution is 2.21. The molecule has 104 valence electrons. The van der Waals surface area contributed by atoms with Crippen molar-refractivity contribution in [2.75, 3.05) is 24.6 Å². The third-order valence-corrected chi connectivity index (χ3v) is 5.11. The number of amides is 1. The van der Waals surface area contributed by atoms with Crippen LogP contribution in [0.3, 0.4) is 0 Å². The van der Waals surface area contributed by atoms with Crippen molar-refractivity contribution < 1.29 is 4.79 Å². The van der Waals surface area contributed by atoms with E-state index in [1.54, 1.807) is 0 Å².